The summed E-state index contributed by atoms with van der Waals surface area (Å²) >= 11 is 0. The number of unbranched alkanes of at least 4 members (excludes halogenated alkanes) is 2. The van der Waals surface area contributed by atoms with Gasteiger partial charge in [0.25, 0.3) is 0 Å². The van der Waals surface area contributed by atoms with Crippen molar-refractivity contribution in [1.29, 1.82) is 10.8 Å². The molecule has 0 aromatic rings. The van der Waals surface area contributed by atoms with Gasteiger partial charge in [0, 0.05) is 6.42 Å². The molecule has 0 bridgehead atoms. The normalized spacial score (nSPS) is 6.36. The second kappa shape index (κ2) is 22.5. The number of carboxylic acids is 1. The van der Waals surface area contributed by atoms with Crippen LogP contribution in [0.4, 0.5) is 0 Å². The van der Waals surface area contributed by atoms with Gasteiger partial charge in [-0.05, 0) is 6.42 Å². The Morgan fingerprint density at radius 1 is 1.21 bits per heavy atom. The minimum atomic E-state index is -0.682. The molecule has 3 N–H and O–H groups in total. The number of hydrogen-bond donors (Lipinski definition) is 3. The topological polar surface area (TPSA) is 119 Å². The van der Waals surface area contributed by atoms with Crippen LogP contribution >= 0.6 is 0 Å². The Balaban J connectivity index is -0.000000168. The largest absolute Gasteiger partial charge is 0.481 e. The highest BCUT2D eigenvalue weighted by atomic mass is 16.4. The van der Waals surface area contributed by atoms with Crippen molar-refractivity contribution in [3.05, 3.63) is 0 Å². The van der Waals surface area contributed by atoms with Crippen LogP contribution in [-0.4, -0.2) is 23.2 Å². The maximum absolute atomic E-state index is 9.87. The predicted octanol–water partition coefficient (Wildman–Crippen LogP) is 1.45. The van der Waals surface area contributed by atoms with Crippen LogP contribution in [-0.2, 0) is 14.4 Å². The van der Waals surface area contributed by atoms with Crippen molar-refractivity contribution in [2.24, 2.45) is 0 Å². The maximum atomic E-state index is 9.87. The number of rotatable bonds is 4. The summed E-state index contributed by atoms with van der Waals surface area (Å²) in [4.78, 5) is 26.6. The molecule has 0 aliphatic rings. The number of nitrogens with one attached hydrogen (secondary N) is 2. The van der Waals surface area contributed by atoms with Crippen molar-refractivity contribution in [2.45, 2.75) is 32.6 Å². The molecular weight excluding hydrogens is 188 g/mol. The van der Waals surface area contributed by atoms with Gasteiger partial charge in [-0.25, -0.2) is 20.4 Å². The quantitative estimate of drug-likeness (QED) is 0.363. The molecular formula is C8H14N2O4. The highest BCUT2D eigenvalue weighted by molar-refractivity contribution is 5.66. The molecule has 0 saturated heterocycles. The molecule has 0 aliphatic carbocycles. The average Bonchev–Trinajstić information content (AvgIpc) is 2.07. The maximum Gasteiger partial charge on any atom is 0.303 e. The summed E-state index contributed by atoms with van der Waals surface area (Å²) in [6.45, 7) is 2.06. The minimum Gasteiger partial charge on any atom is -0.481 e. The summed E-state index contributed by atoms with van der Waals surface area (Å²) in [5.74, 6) is -0.682. The van der Waals surface area contributed by atoms with Gasteiger partial charge in [0.2, 0.25) is 12.2 Å². The summed E-state index contributed by atoms with van der Waals surface area (Å²) in [6.07, 6.45) is 4.78. The lowest BCUT2D eigenvalue weighted by Gasteiger charge is -1.89. The minimum absolute atomic E-state index is 0.327. The van der Waals surface area contributed by atoms with Crippen molar-refractivity contribution in [1.82, 2.24) is 0 Å². The van der Waals surface area contributed by atoms with Gasteiger partial charge < -0.3 is 5.11 Å². The number of isocyanates is 2. The molecule has 0 fully saturated rings. The molecule has 14 heavy (non-hydrogen) atoms. The summed E-state index contributed by atoms with van der Waals surface area (Å²) in [6, 6.07) is 0. The molecule has 0 radical (unpaired) electrons. The molecule has 80 valence electrons. The lowest BCUT2D eigenvalue weighted by molar-refractivity contribution is -0.137. The lowest BCUT2D eigenvalue weighted by Crippen LogP contribution is -1.92. The van der Waals surface area contributed by atoms with E-state index in [0.29, 0.717) is 6.42 Å². The van der Waals surface area contributed by atoms with Crippen LogP contribution in [0.2, 0.25) is 0 Å². The molecule has 0 heterocycles. The van der Waals surface area contributed by atoms with Gasteiger partial charge >= 0.3 is 5.97 Å². The van der Waals surface area contributed by atoms with E-state index in [4.69, 9.17) is 25.5 Å². The van der Waals surface area contributed by atoms with Crippen LogP contribution in [0.5, 0.6) is 0 Å². The molecule has 0 amide bonds. The van der Waals surface area contributed by atoms with E-state index in [9.17, 15) is 4.79 Å². The van der Waals surface area contributed by atoms with Crippen LogP contribution in [0, 0.1) is 10.8 Å². The number of hydrogen-bond acceptors (Lipinski definition) is 5. The molecule has 6 nitrogen and oxygen atoms in total. The smallest absolute Gasteiger partial charge is 0.303 e. The molecule has 0 saturated carbocycles. The van der Waals surface area contributed by atoms with Gasteiger partial charge in [-0.15, -0.1) is 0 Å². The zero-order valence-corrected chi connectivity index (χ0v) is 8.00. The van der Waals surface area contributed by atoms with Crippen molar-refractivity contribution < 1.29 is 19.5 Å². The SMILES string of the molecule is CCCCCC(=O)O.N=C=O.N=C=O. The van der Waals surface area contributed by atoms with Gasteiger partial charge in [0.15, 0.2) is 0 Å². The van der Waals surface area contributed by atoms with Crippen LogP contribution in [0.15, 0.2) is 0 Å². The van der Waals surface area contributed by atoms with Gasteiger partial charge in [-0.2, -0.15) is 0 Å². The number of carbonyl (C=O) groups excluding carboxylic acids is 2. The monoisotopic (exact) mass is 202 g/mol. The third-order valence-electron chi connectivity index (χ3n) is 0.994. The Bertz CT molecular complexity index is 180. The lowest BCUT2D eigenvalue weighted by atomic mass is 10.2. The van der Waals surface area contributed by atoms with Gasteiger partial charge in [0.05, 0.1) is 0 Å². The summed E-state index contributed by atoms with van der Waals surface area (Å²) in [7, 11) is 0. The van der Waals surface area contributed by atoms with E-state index in [-0.39, 0.29) is 0 Å². The van der Waals surface area contributed by atoms with E-state index in [0.717, 1.165) is 31.4 Å². The van der Waals surface area contributed by atoms with Gasteiger partial charge in [-0.3, -0.25) is 4.79 Å². The predicted molar refractivity (Wildman–Crippen MR) is 48.6 cm³/mol. The van der Waals surface area contributed by atoms with E-state index in [1.165, 1.54) is 0 Å². The Morgan fingerprint density at radius 2 is 1.57 bits per heavy atom. The molecule has 0 atom stereocenters. The third-order valence-corrected chi connectivity index (χ3v) is 0.994. The van der Waals surface area contributed by atoms with E-state index < -0.39 is 5.97 Å². The van der Waals surface area contributed by atoms with Crippen LogP contribution in [0.3, 0.4) is 0 Å². The van der Waals surface area contributed by atoms with Crippen molar-refractivity contribution in [3.8, 4) is 0 Å². The molecule has 0 aromatic heterocycles. The van der Waals surface area contributed by atoms with E-state index in [1.807, 2.05) is 0 Å². The standard InChI is InChI=1S/C6H12O2.2CHNO/c1-2-3-4-5-6(7)8;2*2-1-3/h2-5H2,1H3,(H,7,8);2*2H. The fraction of sp³-hybridized carbons (Fsp3) is 0.625. The zero-order chi connectivity index (χ0) is 11.8. The number of aliphatic carboxylic acids is 1. The Morgan fingerprint density at radius 3 is 1.79 bits per heavy atom. The van der Waals surface area contributed by atoms with Gasteiger partial charge in [0.1, 0.15) is 0 Å². The second-order valence-corrected chi connectivity index (χ2v) is 2.05. The molecule has 0 aromatic carbocycles. The van der Waals surface area contributed by atoms with E-state index in [1.54, 1.807) is 0 Å². The fourth-order valence-corrected chi connectivity index (χ4v) is 0.526. The first-order valence-corrected chi connectivity index (χ1v) is 3.90. The summed E-state index contributed by atoms with van der Waals surface area (Å²) in [5.41, 5.74) is 0. The Hall–Kier alpha value is -1.77. The van der Waals surface area contributed by atoms with E-state index >= 15 is 0 Å². The Labute approximate surface area is 82.0 Å². The van der Waals surface area contributed by atoms with E-state index in [2.05, 4.69) is 6.92 Å². The summed E-state index contributed by atoms with van der Waals surface area (Å²) < 4.78 is 0. The molecule has 0 aliphatic heterocycles. The van der Waals surface area contributed by atoms with Crippen LogP contribution in [0.1, 0.15) is 32.6 Å². The first kappa shape index (κ1) is 18.1. The molecule has 0 unspecified atom stereocenters. The van der Waals surface area contributed by atoms with Crippen LogP contribution < -0.4 is 0 Å². The van der Waals surface area contributed by atoms with Crippen molar-refractivity contribution in [3.63, 3.8) is 0 Å². The average molecular weight is 202 g/mol. The van der Waals surface area contributed by atoms with Gasteiger partial charge in [-0.1, -0.05) is 19.8 Å². The summed E-state index contributed by atoms with van der Waals surface area (Å²) in [5, 5.41) is 18.9. The molecule has 6 heteroatoms. The number of carbonyl (C=O) groups is 1. The zero-order valence-electron chi connectivity index (χ0n) is 8.00. The van der Waals surface area contributed by atoms with Crippen LogP contribution in [0.25, 0.3) is 0 Å². The third kappa shape index (κ3) is 83.5. The Kier molecular flexibility index (Phi) is 29.1. The fourth-order valence-electron chi connectivity index (χ4n) is 0.526. The second-order valence-electron chi connectivity index (χ2n) is 2.05. The molecule has 0 rings (SSSR count). The molecule has 0 spiro atoms. The van der Waals surface area contributed by atoms with Crippen molar-refractivity contribution >= 4 is 18.1 Å². The first-order valence-electron chi connectivity index (χ1n) is 3.90. The van der Waals surface area contributed by atoms with Crippen molar-refractivity contribution in [2.75, 3.05) is 0 Å². The first-order chi connectivity index (χ1) is 6.60. The highest BCUT2D eigenvalue weighted by Crippen LogP contribution is 1.97. The highest BCUT2D eigenvalue weighted by Gasteiger charge is 1.92. The number of carboxylic acid groups (broad SMARTS) is 1.